The van der Waals surface area contributed by atoms with E-state index in [-0.39, 0.29) is 17.2 Å². The molecule has 0 aliphatic heterocycles. The number of unbranched alkanes of at least 4 members (excludes halogenated alkanes) is 1. The standard InChI is InChI=1S/C20H26N2O4S/c1-3-4-14-21-20(23)19(15-16-8-6-5-7-9-16)22-27(24,25)18-12-10-17(26-2)11-13-18/h5-13,19,22H,3-4,14-15H2,1-2H3,(H,21,23). The minimum atomic E-state index is -3.85. The highest BCUT2D eigenvalue weighted by Crippen LogP contribution is 2.16. The molecule has 0 radical (unpaired) electrons. The molecule has 1 atom stereocenters. The molecule has 1 amide bonds. The van der Waals surface area contributed by atoms with Crippen molar-refractivity contribution in [3.63, 3.8) is 0 Å². The summed E-state index contributed by atoms with van der Waals surface area (Å²) in [5.41, 5.74) is 0.880. The maximum absolute atomic E-state index is 12.7. The van der Waals surface area contributed by atoms with Crippen molar-refractivity contribution < 1.29 is 17.9 Å². The number of amides is 1. The average Bonchev–Trinajstić information content (AvgIpc) is 2.68. The molecule has 0 heterocycles. The highest BCUT2D eigenvalue weighted by atomic mass is 32.2. The van der Waals surface area contributed by atoms with Crippen molar-refractivity contribution in [2.75, 3.05) is 13.7 Å². The number of benzene rings is 2. The minimum Gasteiger partial charge on any atom is -0.497 e. The van der Waals surface area contributed by atoms with Gasteiger partial charge in [-0.2, -0.15) is 4.72 Å². The second kappa shape index (κ2) is 10.1. The van der Waals surface area contributed by atoms with Gasteiger partial charge in [0.25, 0.3) is 0 Å². The van der Waals surface area contributed by atoms with Crippen molar-refractivity contribution in [2.24, 2.45) is 0 Å². The van der Waals surface area contributed by atoms with Crippen LogP contribution in [-0.4, -0.2) is 34.0 Å². The third-order valence-electron chi connectivity index (χ3n) is 4.10. The molecule has 2 aromatic carbocycles. The van der Waals surface area contributed by atoms with Gasteiger partial charge in [0.05, 0.1) is 12.0 Å². The van der Waals surface area contributed by atoms with Gasteiger partial charge in [-0.05, 0) is 42.7 Å². The summed E-state index contributed by atoms with van der Waals surface area (Å²) in [5.74, 6) is 0.233. The lowest BCUT2D eigenvalue weighted by Gasteiger charge is -2.19. The predicted molar refractivity (Wildman–Crippen MR) is 105 cm³/mol. The maximum Gasteiger partial charge on any atom is 0.241 e. The van der Waals surface area contributed by atoms with Gasteiger partial charge in [0.1, 0.15) is 11.8 Å². The van der Waals surface area contributed by atoms with Crippen molar-refractivity contribution in [3.8, 4) is 5.75 Å². The second-order valence-corrected chi connectivity index (χ2v) is 7.90. The summed E-state index contributed by atoms with van der Waals surface area (Å²) >= 11 is 0. The van der Waals surface area contributed by atoms with Gasteiger partial charge in [0.2, 0.25) is 15.9 Å². The van der Waals surface area contributed by atoms with E-state index in [2.05, 4.69) is 10.0 Å². The van der Waals surface area contributed by atoms with Crippen LogP contribution in [0.1, 0.15) is 25.3 Å². The third kappa shape index (κ3) is 6.37. The zero-order valence-corrected chi connectivity index (χ0v) is 16.5. The van der Waals surface area contributed by atoms with Crippen LogP contribution < -0.4 is 14.8 Å². The molecule has 27 heavy (non-hydrogen) atoms. The van der Waals surface area contributed by atoms with E-state index >= 15 is 0 Å². The molecule has 0 aromatic heterocycles. The third-order valence-corrected chi connectivity index (χ3v) is 5.58. The van der Waals surface area contributed by atoms with Gasteiger partial charge in [0.15, 0.2) is 0 Å². The molecule has 2 rings (SSSR count). The molecule has 0 saturated heterocycles. The monoisotopic (exact) mass is 390 g/mol. The van der Waals surface area contributed by atoms with Crippen LogP contribution in [0.4, 0.5) is 0 Å². The Hall–Kier alpha value is -2.38. The molecular weight excluding hydrogens is 364 g/mol. The number of carbonyl (C=O) groups is 1. The molecule has 0 saturated carbocycles. The molecule has 2 N–H and O–H groups in total. The van der Waals surface area contributed by atoms with Crippen LogP contribution in [0, 0.1) is 0 Å². The Morgan fingerprint density at radius 2 is 1.74 bits per heavy atom. The topological polar surface area (TPSA) is 84.5 Å². The summed E-state index contributed by atoms with van der Waals surface area (Å²) in [6.07, 6.45) is 2.06. The molecule has 0 aliphatic carbocycles. The Bertz CT molecular complexity index is 821. The van der Waals surface area contributed by atoms with E-state index in [1.165, 1.54) is 19.2 Å². The first-order valence-corrected chi connectivity index (χ1v) is 10.4. The molecule has 146 valence electrons. The van der Waals surface area contributed by atoms with E-state index in [1.807, 2.05) is 37.3 Å². The van der Waals surface area contributed by atoms with Crippen molar-refractivity contribution in [3.05, 3.63) is 60.2 Å². The quantitative estimate of drug-likeness (QED) is 0.611. The van der Waals surface area contributed by atoms with Crippen LogP contribution in [-0.2, 0) is 21.2 Å². The van der Waals surface area contributed by atoms with E-state index in [9.17, 15) is 13.2 Å². The lowest BCUT2D eigenvalue weighted by molar-refractivity contribution is -0.122. The van der Waals surface area contributed by atoms with Crippen LogP contribution >= 0.6 is 0 Å². The van der Waals surface area contributed by atoms with Crippen molar-refractivity contribution in [2.45, 2.75) is 37.1 Å². The van der Waals surface area contributed by atoms with Crippen molar-refractivity contribution >= 4 is 15.9 Å². The van der Waals surface area contributed by atoms with Crippen LogP contribution in [0.3, 0.4) is 0 Å². The normalized spacial score (nSPS) is 12.4. The van der Waals surface area contributed by atoms with Crippen LogP contribution in [0.5, 0.6) is 5.75 Å². The van der Waals surface area contributed by atoms with Gasteiger partial charge in [-0.1, -0.05) is 43.7 Å². The number of ether oxygens (including phenoxy) is 1. The average molecular weight is 391 g/mol. The van der Waals surface area contributed by atoms with Crippen molar-refractivity contribution in [1.82, 2.24) is 10.0 Å². The van der Waals surface area contributed by atoms with Gasteiger partial charge >= 0.3 is 0 Å². The summed E-state index contributed by atoms with van der Waals surface area (Å²) in [6.45, 7) is 2.55. The molecule has 0 bridgehead atoms. The largest absolute Gasteiger partial charge is 0.497 e. The number of carbonyl (C=O) groups excluding carboxylic acids is 1. The Labute approximate surface area is 161 Å². The van der Waals surface area contributed by atoms with Crippen molar-refractivity contribution in [1.29, 1.82) is 0 Å². The molecular formula is C20H26N2O4S. The zero-order valence-electron chi connectivity index (χ0n) is 15.6. The van der Waals surface area contributed by atoms with Crippen LogP contribution in [0.2, 0.25) is 0 Å². The Morgan fingerprint density at radius 1 is 1.07 bits per heavy atom. The molecule has 7 heteroatoms. The summed E-state index contributed by atoms with van der Waals surface area (Å²) in [7, 11) is -2.33. The van der Waals surface area contributed by atoms with Gasteiger partial charge in [0, 0.05) is 6.54 Å². The summed E-state index contributed by atoms with van der Waals surface area (Å²) in [6, 6.07) is 14.5. The highest BCUT2D eigenvalue weighted by Gasteiger charge is 2.26. The van der Waals surface area contributed by atoms with Gasteiger partial charge in [-0.25, -0.2) is 8.42 Å². The number of nitrogens with one attached hydrogen (secondary N) is 2. The van der Waals surface area contributed by atoms with Gasteiger partial charge in [-0.15, -0.1) is 0 Å². The van der Waals surface area contributed by atoms with Gasteiger partial charge in [-0.3, -0.25) is 4.79 Å². The summed E-state index contributed by atoms with van der Waals surface area (Å²) < 4.78 is 33.1. The maximum atomic E-state index is 12.7. The lowest BCUT2D eigenvalue weighted by Crippen LogP contribution is -2.48. The number of rotatable bonds is 10. The van der Waals surface area contributed by atoms with E-state index < -0.39 is 16.1 Å². The molecule has 0 fully saturated rings. The molecule has 0 aliphatic rings. The Balaban J connectivity index is 2.19. The fraction of sp³-hybridized carbons (Fsp3) is 0.350. The molecule has 6 nitrogen and oxygen atoms in total. The highest BCUT2D eigenvalue weighted by molar-refractivity contribution is 7.89. The number of sulfonamides is 1. The predicted octanol–water partition coefficient (Wildman–Crippen LogP) is 2.50. The number of methoxy groups -OCH3 is 1. The number of hydrogen-bond donors (Lipinski definition) is 2. The van der Waals surface area contributed by atoms with E-state index in [0.29, 0.717) is 12.3 Å². The van der Waals surface area contributed by atoms with E-state index in [4.69, 9.17) is 4.74 Å². The fourth-order valence-corrected chi connectivity index (χ4v) is 3.75. The van der Waals surface area contributed by atoms with Crippen LogP contribution in [0.15, 0.2) is 59.5 Å². The number of hydrogen-bond acceptors (Lipinski definition) is 4. The first kappa shape index (κ1) is 20.9. The Morgan fingerprint density at radius 3 is 2.33 bits per heavy atom. The summed E-state index contributed by atoms with van der Waals surface area (Å²) in [4.78, 5) is 12.7. The SMILES string of the molecule is CCCCNC(=O)C(Cc1ccccc1)NS(=O)(=O)c1ccc(OC)cc1. The Kier molecular flexibility index (Phi) is 7.82. The van der Waals surface area contributed by atoms with Gasteiger partial charge < -0.3 is 10.1 Å². The minimum absolute atomic E-state index is 0.0859. The molecule has 0 spiro atoms. The smallest absolute Gasteiger partial charge is 0.241 e. The molecule has 2 aromatic rings. The fourth-order valence-electron chi connectivity index (χ4n) is 2.56. The van der Waals surface area contributed by atoms with E-state index in [0.717, 1.165) is 18.4 Å². The summed E-state index contributed by atoms with van der Waals surface area (Å²) in [5, 5.41) is 2.81. The lowest BCUT2D eigenvalue weighted by atomic mass is 10.1. The first-order chi connectivity index (χ1) is 13.0. The molecule has 1 unspecified atom stereocenters. The second-order valence-electron chi connectivity index (χ2n) is 6.18. The zero-order chi connectivity index (χ0) is 19.7. The van der Waals surface area contributed by atoms with Crippen LogP contribution in [0.25, 0.3) is 0 Å². The van der Waals surface area contributed by atoms with E-state index in [1.54, 1.807) is 12.1 Å². The first-order valence-electron chi connectivity index (χ1n) is 8.94.